The summed E-state index contributed by atoms with van der Waals surface area (Å²) in [6.07, 6.45) is 0. The molecule has 1 aromatic carbocycles. The molecule has 3 heterocycles. The number of aryl methyl sites for hydroxylation is 1. The van der Waals surface area contributed by atoms with Crippen LogP contribution in [-0.2, 0) is 0 Å². The highest BCUT2D eigenvalue weighted by Gasteiger charge is 2.16. The van der Waals surface area contributed by atoms with Gasteiger partial charge < -0.3 is 5.32 Å². The summed E-state index contributed by atoms with van der Waals surface area (Å²) in [4.78, 5) is 9.08. The molecule has 1 aliphatic heterocycles. The van der Waals surface area contributed by atoms with Gasteiger partial charge in [-0.15, -0.1) is 5.10 Å². The summed E-state index contributed by atoms with van der Waals surface area (Å²) in [5, 5.41) is 7.80. The van der Waals surface area contributed by atoms with E-state index < -0.39 is 0 Å². The fraction of sp³-hybridized carbons (Fsp3) is 0.188. The average molecular weight is 295 g/mol. The molecule has 22 heavy (non-hydrogen) atoms. The molecule has 6 heteroatoms. The van der Waals surface area contributed by atoms with Crippen molar-refractivity contribution in [1.29, 1.82) is 0 Å². The van der Waals surface area contributed by atoms with Gasteiger partial charge in [-0.05, 0) is 43.3 Å². The highest BCUT2D eigenvalue weighted by Crippen LogP contribution is 2.20. The molecule has 4 rings (SSSR count). The number of nitrogens with zero attached hydrogens (tertiary/aromatic N) is 4. The van der Waals surface area contributed by atoms with Crippen LogP contribution in [-0.4, -0.2) is 33.5 Å². The van der Waals surface area contributed by atoms with Gasteiger partial charge in [-0.25, -0.2) is 13.9 Å². The van der Waals surface area contributed by atoms with Crippen LogP contribution in [0.1, 0.15) is 11.3 Å². The molecule has 5 nitrogen and oxygen atoms in total. The van der Waals surface area contributed by atoms with E-state index in [1.807, 2.05) is 19.1 Å². The number of nitrogens with one attached hydrogen (secondary N) is 1. The summed E-state index contributed by atoms with van der Waals surface area (Å²) in [6.45, 7) is 3.59. The highest BCUT2D eigenvalue weighted by molar-refractivity contribution is 6.04. The lowest BCUT2D eigenvalue weighted by molar-refractivity contribution is 0.628. The van der Waals surface area contributed by atoms with E-state index in [1.54, 1.807) is 16.6 Å². The van der Waals surface area contributed by atoms with Gasteiger partial charge in [0.25, 0.3) is 0 Å². The van der Waals surface area contributed by atoms with Crippen LogP contribution in [0.3, 0.4) is 0 Å². The second-order valence-corrected chi connectivity index (χ2v) is 5.22. The Balaban J connectivity index is 1.90. The molecule has 0 bridgehead atoms. The number of fused-ring (bicyclic) bond motifs is 1. The Morgan fingerprint density at radius 3 is 2.68 bits per heavy atom. The Morgan fingerprint density at radius 1 is 1.14 bits per heavy atom. The maximum absolute atomic E-state index is 13.1. The molecule has 1 N–H and O–H groups in total. The minimum absolute atomic E-state index is 0.270. The predicted molar refractivity (Wildman–Crippen MR) is 82.5 cm³/mol. The van der Waals surface area contributed by atoms with Gasteiger partial charge in [0.05, 0.1) is 12.1 Å². The Labute approximate surface area is 126 Å². The van der Waals surface area contributed by atoms with Crippen molar-refractivity contribution >= 4 is 11.5 Å². The molecular formula is C16H14FN5. The van der Waals surface area contributed by atoms with Gasteiger partial charge in [-0.1, -0.05) is 0 Å². The summed E-state index contributed by atoms with van der Waals surface area (Å²) in [5.41, 5.74) is 3.46. The topological polar surface area (TPSA) is 54.6 Å². The molecule has 0 spiro atoms. The maximum atomic E-state index is 13.1. The molecule has 2 aromatic heterocycles. The second kappa shape index (κ2) is 4.91. The van der Waals surface area contributed by atoms with Crippen LogP contribution in [0.4, 0.5) is 4.39 Å². The highest BCUT2D eigenvalue weighted by atomic mass is 19.1. The van der Waals surface area contributed by atoms with Crippen molar-refractivity contribution in [3.63, 3.8) is 0 Å². The summed E-state index contributed by atoms with van der Waals surface area (Å²) < 4.78 is 14.9. The summed E-state index contributed by atoms with van der Waals surface area (Å²) in [6, 6.07) is 10.2. The van der Waals surface area contributed by atoms with Gasteiger partial charge in [0, 0.05) is 17.8 Å². The first kappa shape index (κ1) is 12.9. The maximum Gasteiger partial charge on any atom is 0.182 e. The molecule has 0 radical (unpaired) electrons. The van der Waals surface area contributed by atoms with Crippen LogP contribution in [0.2, 0.25) is 0 Å². The number of pyridine rings is 1. The molecule has 0 fully saturated rings. The van der Waals surface area contributed by atoms with E-state index in [0.29, 0.717) is 5.82 Å². The molecule has 110 valence electrons. The van der Waals surface area contributed by atoms with Crippen LogP contribution in [0.25, 0.3) is 17.0 Å². The molecule has 1 aliphatic rings. The number of benzene rings is 1. The van der Waals surface area contributed by atoms with E-state index in [1.165, 1.54) is 12.1 Å². The molecule has 0 amide bonds. The van der Waals surface area contributed by atoms with Crippen LogP contribution in [0.15, 0.2) is 41.4 Å². The zero-order valence-electron chi connectivity index (χ0n) is 12.0. The molecule has 0 saturated heterocycles. The standard InChI is InChI=1S/C16H14FN5/c1-10-2-7-13(15-18-8-9-19-15)16-20-14(21-22(10)16)11-3-5-12(17)6-4-11/h2-7H,8-9H2,1H3,(H,18,19). The van der Waals surface area contributed by atoms with Gasteiger partial charge >= 0.3 is 0 Å². The van der Waals surface area contributed by atoms with Crippen LogP contribution in [0, 0.1) is 12.7 Å². The number of hydrogen-bond acceptors (Lipinski definition) is 4. The van der Waals surface area contributed by atoms with Crippen molar-refractivity contribution in [2.24, 2.45) is 4.99 Å². The molecule has 0 unspecified atom stereocenters. The Kier molecular flexibility index (Phi) is 2.89. The molecule has 0 aliphatic carbocycles. The van der Waals surface area contributed by atoms with Crippen molar-refractivity contribution in [2.75, 3.05) is 13.1 Å². The van der Waals surface area contributed by atoms with Gasteiger partial charge in [0.15, 0.2) is 11.5 Å². The molecule has 0 saturated carbocycles. The van der Waals surface area contributed by atoms with Crippen molar-refractivity contribution in [3.05, 3.63) is 53.5 Å². The molecular weight excluding hydrogens is 281 g/mol. The van der Waals surface area contributed by atoms with Crippen LogP contribution in [0.5, 0.6) is 0 Å². The summed E-state index contributed by atoms with van der Waals surface area (Å²) >= 11 is 0. The predicted octanol–water partition coefficient (Wildman–Crippen LogP) is 2.19. The van der Waals surface area contributed by atoms with E-state index in [-0.39, 0.29) is 5.82 Å². The van der Waals surface area contributed by atoms with E-state index in [9.17, 15) is 4.39 Å². The van der Waals surface area contributed by atoms with Crippen LogP contribution < -0.4 is 5.32 Å². The smallest absolute Gasteiger partial charge is 0.182 e. The minimum atomic E-state index is -0.270. The largest absolute Gasteiger partial charge is 0.368 e. The average Bonchev–Trinajstić information content (AvgIpc) is 3.18. The van der Waals surface area contributed by atoms with Crippen molar-refractivity contribution in [3.8, 4) is 11.4 Å². The van der Waals surface area contributed by atoms with Gasteiger partial charge in [0.2, 0.25) is 0 Å². The van der Waals surface area contributed by atoms with E-state index in [0.717, 1.165) is 41.4 Å². The van der Waals surface area contributed by atoms with E-state index in [4.69, 9.17) is 0 Å². The Morgan fingerprint density at radius 2 is 1.95 bits per heavy atom. The number of halogens is 1. The second-order valence-electron chi connectivity index (χ2n) is 5.22. The third-order valence-electron chi connectivity index (χ3n) is 3.71. The normalized spacial score (nSPS) is 14.2. The first-order valence-corrected chi connectivity index (χ1v) is 7.13. The fourth-order valence-electron chi connectivity index (χ4n) is 2.57. The lowest BCUT2D eigenvalue weighted by Crippen LogP contribution is -2.20. The third-order valence-corrected chi connectivity index (χ3v) is 3.71. The number of aliphatic imine (C=N–C) groups is 1. The Hall–Kier alpha value is -2.76. The van der Waals surface area contributed by atoms with E-state index >= 15 is 0 Å². The first-order valence-electron chi connectivity index (χ1n) is 7.13. The van der Waals surface area contributed by atoms with Gasteiger partial charge in [-0.3, -0.25) is 4.99 Å². The summed E-state index contributed by atoms with van der Waals surface area (Å²) in [7, 11) is 0. The van der Waals surface area contributed by atoms with Crippen molar-refractivity contribution < 1.29 is 4.39 Å². The van der Waals surface area contributed by atoms with E-state index in [2.05, 4.69) is 20.4 Å². The number of amidine groups is 1. The van der Waals surface area contributed by atoms with Crippen LogP contribution >= 0.6 is 0 Å². The van der Waals surface area contributed by atoms with Crippen molar-refractivity contribution in [1.82, 2.24) is 19.9 Å². The number of aromatic nitrogens is 3. The zero-order valence-corrected chi connectivity index (χ0v) is 12.0. The molecule has 0 atom stereocenters. The number of hydrogen-bond donors (Lipinski definition) is 1. The van der Waals surface area contributed by atoms with Gasteiger partial charge in [-0.2, -0.15) is 0 Å². The summed E-state index contributed by atoms with van der Waals surface area (Å²) in [5.74, 6) is 1.16. The zero-order chi connectivity index (χ0) is 15.1. The Bertz CT molecular complexity index is 879. The monoisotopic (exact) mass is 295 g/mol. The van der Waals surface area contributed by atoms with Gasteiger partial charge in [0.1, 0.15) is 11.7 Å². The number of rotatable bonds is 2. The lowest BCUT2D eigenvalue weighted by atomic mass is 10.2. The van der Waals surface area contributed by atoms with Crippen molar-refractivity contribution in [2.45, 2.75) is 6.92 Å². The minimum Gasteiger partial charge on any atom is -0.368 e. The first-order chi connectivity index (χ1) is 10.7. The SMILES string of the molecule is Cc1ccc(C2=NCCN2)c2nc(-c3ccc(F)cc3)nn12. The quantitative estimate of drug-likeness (QED) is 0.788. The third kappa shape index (κ3) is 2.04. The molecule has 3 aromatic rings. The lowest BCUT2D eigenvalue weighted by Gasteiger charge is -2.05. The fourth-order valence-corrected chi connectivity index (χ4v) is 2.57.